The smallest absolute Gasteiger partial charge is 0.319 e. The number of pyridine rings is 1. The van der Waals surface area contributed by atoms with Gasteiger partial charge in [-0.3, -0.25) is 4.79 Å². The van der Waals surface area contributed by atoms with Crippen LogP contribution in [0.5, 0.6) is 0 Å². The van der Waals surface area contributed by atoms with Gasteiger partial charge < -0.3 is 20.3 Å². The molecule has 0 spiro atoms. The minimum absolute atomic E-state index is 0.221. The van der Waals surface area contributed by atoms with Crippen LogP contribution in [0.4, 0.5) is 10.5 Å². The van der Waals surface area contributed by atoms with Crippen LogP contribution in [-0.4, -0.2) is 28.4 Å². The van der Waals surface area contributed by atoms with Crippen LogP contribution in [0, 0.1) is 6.92 Å². The molecule has 1 heterocycles. The molecule has 0 saturated carbocycles. The van der Waals surface area contributed by atoms with Crippen molar-refractivity contribution >= 4 is 11.7 Å². The fourth-order valence-corrected chi connectivity index (χ4v) is 2.21. The van der Waals surface area contributed by atoms with Gasteiger partial charge in [0.2, 0.25) is 0 Å². The Morgan fingerprint density at radius 2 is 1.96 bits per heavy atom. The van der Waals surface area contributed by atoms with Gasteiger partial charge in [0.05, 0.1) is 12.6 Å². The minimum atomic E-state index is -0.478. The standard InChI is InChI=1S/C18H23N3O3/c1-13-5-7-15(8-6-13)12-21-11-3-4-16(17(21)23)20-18(24)19-10-9-14(2)22/h3-8,11,14,22H,9-10,12H2,1-2H3,(H2,19,20,24). The third kappa shape index (κ3) is 5.24. The highest BCUT2D eigenvalue weighted by Gasteiger charge is 2.08. The number of rotatable bonds is 6. The Bertz CT molecular complexity index is 736. The average Bonchev–Trinajstić information content (AvgIpc) is 2.53. The van der Waals surface area contributed by atoms with Crippen molar-refractivity contribution in [2.75, 3.05) is 11.9 Å². The summed E-state index contributed by atoms with van der Waals surface area (Å²) in [4.78, 5) is 24.2. The van der Waals surface area contributed by atoms with E-state index in [2.05, 4.69) is 10.6 Å². The summed E-state index contributed by atoms with van der Waals surface area (Å²) in [5.74, 6) is 0. The Morgan fingerprint density at radius 1 is 1.25 bits per heavy atom. The number of hydrogen-bond acceptors (Lipinski definition) is 3. The van der Waals surface area contributed by atoms with Crippen molar-refractivity contribution in [2.45, 2.75) is 32.9 Å². The average molecular weight is 329 g/mol. The van der Waals surface area contributed by atoms with Crippen molar-refractivity contribution in [1.29, 1.82) is 0 Å². The van der Waals surface area contributed by atoms with Crippen molar-refractivity contribution in [3.8, 4) is 0 Å². The summed E-state index contributed by atoms with van der Waals surface area (Å²) < 4.78 is 1.55. The molecule has 0 aliphatic rings. The topological polar surface area (TPSA) is 83.4 Å². The number of aromatic nitrogens is 1. The van der Waals surface area contributed by atoms with Crippen LogP contribution in [0.1, 0.15) is 24.5 Å². The van der Waals surface area contributed by atoms with E-state index in [1.165, 1.54) is 0 Å². The maximum atomic E-state index is 12.4. The fraction of sp³-hybridized carbons (Fsp3) is 0.333. The van der Waals surface area contributed by atoms with Crippen molar-refractivity contribution in [2.24, 2.45) is 0 Å². The van der Waals surface area contributed by atoms with E-state index in [-0.39, 0.29) is 11.2 Å². The van der Waals surface area contributed by atoms with Crippen molar-refractivity contribution < 1.29 is 9.90 Å². The van der Waals surface area contributed by atoms with Gasteiger partial charge >= 0.3 is 6.03 Å². The van der Waals surface area contributed by atoms with Crippen molar-refractivity contribution in [1.82, 2.24) is 9.88 Å². The van der Waals surface area contributed by atoms with Gasteiger partial charge in [-0.15, -0.1) is 0 Å². The highest BCUT2D eigenvalue weighted by molar-refractivity contribution is 5.88. The summed E-state index contributed by atoms with van der Waals surface area (Å²) in [5.41, 5.74) is 2.14. The van der Waals surface area contributed by atoms with Crippen LogP contribution in [0.2, 0.25) is 0 Å². The van der Waals surface area contributed by atoms with E-state index >= 15 is 0 Å². The lowest BCUT2D eigenvalue weighted by molar-refractivity contribution is 0.184. The Labute approximate surface area is 141 Å². The maximum absolute atomic E-state index is 12.4. The maximum Gasteiger partial charge on any atom is 0.319 e. The first-order valence-electron chi connectivity index (χ1n) is 7.93. The van der Waals surface area contributed by atoms with Crippen molar-refractivity contribution in [3.63, 3.8) is 0 Å². The molecule has 1 atom stereocenters. The largest absolute Gasteiger partial charge is 0.393 e. The molecule has 24 heavy (non-hydrogen) atoms. The summed E-state index contributed by atoms with van der Waals surface area (Å²) in [6.07, 6.45) is 1.67. The molecule has 1 unspecified atom stereocenters. The van der Waals surface area contributed by atoms with E-state index in [9.17, 15) is 9.59 Å². The number of nitrogens with zero attached hydrogens (tertiary/aromatic N) is 1. The number of amides is 2. The number of hydrogen-bond donors (Lipinski definition) is 3. The lowest BCUT2D eigenvalue weighted by atomic mass is 10.1. The molecule has 2 rings (SSSR count). The molecular weight excluding hydrogens is 306 g/mol. The normalized spacial score (nSPS) is 11.8. The monoisotopic (exact) mass is 329 g/mol. The molecule has 2 aromatic rings. The van der Waals surface area contributed by atoms with Gasteiger partial charge in [-0.2, -0.15) is 0 Å². The molecule has 1 aromatic carbocycles. The van der Waals surface area contributed by atoms with Crippen LogP contribution in [0.25, 0.3) is 0 Å². The van der Waals surface area contributed by atoms with Gasteiger partial charge in [-0.05, 0) is 38.0 Å². The highest BCUT2D eigenvalue weighted by Crippen LogP contribution is 2.06. The quantitative estimate of drug-likeness (QED) is 0.759. The summed E-state index contributed by atoms with van der Waals surface area (Å²) >= 11 is 0. The number of anilines is 1. The lowest BCUT2D eigenvalue weighted by Crippen LogP contribution is -2.34. The highest BCUT2D eigenvalue weighted by atomic mass is 16.3. The molecule has 6 nitrogen and oxygen atoms in total. The van der Waals surface area contributed by atoms with Crippen LogP contribution in [0.15, 0.2) is 47.4 Å². The zero-order valence-corrected chi connectivity index (χ0v) is 14.0. The molecule has 128 valence electrons. The van der Waals surface area contributed by atoms with E-state index in [1.54, 1.807) is 29.8 Å². The van der Waals surface area contributed by atoms with E-state index in [4.69, 9.17) is 5.11 Å². The number of carbonyl (C=O) groups is 1. The predicted octanol–water partition coefficient (Wildman–Crippen LogP) is 2.10. The number of urea groups is 1. The second kappa shape index (κ2) is 8.31. The SMILES string of the molecule is Cc1ccc(Cn2cccc(NC(=O)NCCC(C)O)c2=O)cc1. The van der Waals surface area contributed by atoms with Gasteiger partial charge in [0, 0.05) is 12.7 Å². The lowest BCUT2D eigenvalue weighted by Gasteiger charge is -2.11. The molecule has 0 fully saturated rings. The first kappa shape index (κ1) is 17.7. The van der Waals surface area contributed by atoms with E-state index in [0.717, 1.165) is 11.1 Å². The van der Waals surface area contributed by atoms with Gasteiger partial charge in [-0.1, -0.05) is 29.8 Å². The van der Waals surface area contributed by atoms with E-state index < -0.39 is 12.1 Å². The minimum Gasteiger partial charge on any atom is -0.393 e. The first-order valence-corrected chi connectivity index (χ1v) is 7.93. The van der Waals surface area contributed by atoms with Gasteiger partial charge in [0.1, 0.15) is 5.69 Å². The fourth-order valence-electron chi connectivity index (χ4n) is 2.21. The van der Waals surface area contributed by atoms with Gasteiger partial charge in [-0.25, -0.2) is 4.79 Å². The van der Waals surface area contributed by atoms with Crippen LogP contribution < -0.4 is 16.2 Å². The summed E-state index contributed by atoms with van der Waals surface area (Å²) in [5, 5.41) is 14.3. The Hall–Kier alpha value is -2.60. The molecule has 0 radical (unpaired) electrons. The summed E-state index contributed by atoms with van der Waals surface area (Å²) in [6, 6.07) is 10.8. The number of aryl methyl sites for hydroxylation is 1. The van der Waals surface area contributed by atoms with Crippen molar-refractivity contribution in [3.05, 3.63) is 64.1 Å². The molecule has 0 aliphatic heterocycles. The predicted molar refractivity (Wildman–Crippen MR) is 94.3 cm³/mol. The molecule has 0 bridgehead atoms. The van der Waals surface area contributed by atoms with E-state index in [0.29, 0.717) is 19.5 Å². The van der Waals surface area contributed by atoms with Gasteiger partial charge in [0.15, 0.2) is 0 Å². The molecule has 3 N–H and O–H groups in total. The Kier molecular flexibility index (Phi) is 6.14. The molecule has 2 amide bonds. The third-order valence-corrected chi connectivity index (χ3v) is 3.59. The summed E-state index contributed by atoms with van der Waals surface area (Å²) in [6.45, 7) is 4.45. The number of nitrogens with one attached hydrogen (secondary N) is 2. The number of aliphatic hydroxyl groups excluding tert-OH is 1. The van der Waals surface area contributed by atoms with Crippen LogP contribution in [-0.2, 0) is 6.54 Å². The second-order valence-electron chi connectivity index (χ2n) is 5.86. The Morgan fingerprint density at radius 3 is 2.62 bits per heavy atom. The molecule has 0 saturated heterocycles. The molecule has 0 aliphatic carbocycles. The molecular formula is C18H23N3O3. The zero-order valence-electron chi connectivity index (χ0n) is 14.0. The molecule has 6 heteroatoms. The Balaban J connectivity index is 2.03. The second-order valence-corrected chi connectivity index (χ2v) is 5.86. The van der Waals surface area contributed by atoms with Gasteiger partial charge in [0.25, 0.3) is 5.56 Å². The third-order valence-electron chi connectivity index (χ3n) is 3.59. The van der Waals surface area contributed by atoms with E-state index in [1.807, 2.05) is 31.2 Å². The first-order chi connectivity index (χ1) is 11.5. The number of aliphatic hydroxyl groups is 1. The van der Waals surface area contributed by atoms with Crippen LogP contribution >= 0.6 is 0 Å². The van der Waals surface area contributed by atoms with Crippen LogP contribution in [0.3, 0.4) is 0 Å². The number of benzene rings is 1. The zero-order chi connectivity index (χ0) is 17.5. The molecule has 1 aromatic heterocycles. The number of carbonyl (C=O) groups excluding carboxylic acids is 1. The summed E-state index contributed by atoms with van der Waals surface area (Å²) in [7, 11) is 0.